The average molecular weight is 350 g/mol. The first-order chi connectivity index (χ1) is 10.9. The molecule has 0 spiro atoms. The normalized spacial score (nSPS) is 11.6. The van der Waals surface area contributed by atoms with Gasteiger partial charge in [-0.25, -0.2) is 4.98 Å². The molecule has 0 unspecified atom stereocenters. The number of nitrogens with zero attached hydrogens (tertiary/aromatic N) is 2. The van der Waals surface area contributed by atoms with E-state index in [1.54, 1.807) is 17.6 Å². The fraction of sp³-hybridized carbons (Fsp3) is 0. The largest absolute Gasteiger partial charge is 0.337 e. The summed E-state index contributed by atoms with van der Waals surface area (Å²) in [5.41, 5.74) is -0.0991. The van der Waals surface area contributed by atoms with E-state index >= 15 is 0 Å². The Morgan fingerprint density at radius 3 is 2.83 bits per heavy atom. The van der Waals surface area contributed by atoms with Crippen LogP contribution in [0.5, 0.6) is 0 Å². The molecule has 8 nitrogen and oxygen atoms in total. The maximum Gasteiger partial charge on any atom is 0.294 e. The summed E-state index contributed by atoms with van der Waals surface area (Å²) in [4.78, 5) is 15.6. The Balaban J connectivity index is 2.14. The van der Waals surface area contributed by atoms with E-state index in [1.807, 2.05) is 0 Å². The highest BCUT2D eigenvalue weighted by Crippen LogP contribution is 2.16. The molecule has 2 aromatic rings. The molecule has 0 aliphatic heterocycles. The summed E-state index contributed by atoms with van der Waals surface area (Å²) in [6.45, 7) is 0. The molecule has 0 aliphatic carbocycles. The van der Waals surface area contributed by atoms with Gasteiger partial charge in [0.1, 0.15) is 11.6 Å². The van der Waals surface area contributed by atoms with Crippen LogP contribution in [0.2, 0.25) is 0 Å². The minimum absolute atomic E-state index is 0.125. The number of nitriles is 1. The van der Waals surface area contributed by atoms with Crippen LogP contribution in [0.25, 0.3) is 0 Å². The lowest BCUT2D eigenvalue weighted by atomic mass is 10.2. The summed E-state index contributed by atoms with van der Waals surface area (Å²) in [5.74, 6) is -0.732. The number of anilines is 2. The van der Waals surface area contributed by atoms with E-state index in [0.717, 1.165) is 6.07 Å². The first-order valence-electron chi connectivity index (χ1n) is 6.05. The van der Waals surface area contributed by atoms with Crippen LogP contribution in [0.4, 0.5) is 10.8 Å². The summed E-state index contributed by atoms with van der Waals surface area (Å²) in [6, 6.07) is 6.76. The maximum absolute atomic E-state index is 12.0. The Hall–Kier alpha value is -2.74. The molecule has 2 rings (SSSR count). The van der Waals surface area contributed by atoms with Crippen LogP contribution in [-0.4, -0.2) is 23.9 Å². The third-order valence-electron chi connectivity index (χ3n) is 2.53. The smallest absolute Gasteiger partial charge is 0.294 e. The fourth-order valence-electron chi connectivity index (χ4n) is 1.51. The van der Waals surface area contributed by atoms with Crippen LogP contribution in [0.1, 0.15) is 0 Å². The monoisotopic (exact) mass is 350 g/mol. The zero-order valence-electron chi connectivity index (χ0n) is 11.4. The maximum atomic E-state index is 12.0. The Morgan fingerprint density at radius 1 is 1.43 bits per heavy atom. The lowest BCUT2D eigenvalue weighted by molar-refractivity contribution is -0.112. The van der Waals surface area contributed by atoms with Gasteiger partial charge < -0.3 is 10.6 Å². The van der Waals surface area contributed by atoms with E-state index < -0.39 is 16.0 Å². The van der Waals surface area contributed by atoms with Gasteiger partial charge >= 0.3 is 0 Å². The van der Waals surface area contributed by atoms with Crippen molar-refractivity contribution in [3.63, 3.8) is 0 Å². The second-order valence-electron chi connectivity index (χ2n) is 4.11. The third kappa shape index (κ3) is 4.62. The summed E-state index contributed by atoms with van der Waals surface area (Å²) >= 11 is 1.29. The van der Waals surface area contributed by atoms with Crippen LogP contribution in [-0.2, 0) is 14.9 Å². The molecule has 23 heavy (non-hydrogen) atoms. The van der Waals surface area contributed by atoms with Crippen molar-refractivity contribution in [2.45, 2.75) is 4.90 Å². The lowest BCUT2D eigenvalue weighted by Gasteiger charge is -2.05. The van der Waals surface area contributed by atoms with Gasteiger partial charge in [-0.2, -0.15) is 13.7 Å². The van der Waals surface area contributed by atoms with Gasteiger partial charge in [-0.05, 0) is 18.2 Å². The summed E-state index contributed by atoms with van der Waals surface area (Å²) in [7, 11) is -4.38. The quantitative estimate of drug-likeness (QED) is 0.426. The molecule has 0 saturated carbocycles. The number of rotatable bonds is 5. The molecule has 0 radical (unpaired) electrons. The third-order valence-corrected chi connectivity index (χ3v) is 4.08. The van der Waals surface area contributed by atoms with Crippen LogP contribution in [0.15, 0.2) is 52.5 Å². The van der Waals surface area contributed by atoms with Crippen LogP contribution >= 0.6 is 11.3 Å². The van der Waals surface area contributed by atoms with E-state index in [0.29, 0.717) is 5.13 Å². The molecular weight excluding hydrogens is 340 g/mol. The Labute approximate surface area is 135 Å². The van der Waals surface area contributed by atoms with Crippen molar-refractivity contribution in [3.05, 3.63) is 47.6 Å². The van der Waals surface area contributed by atoms with E-state index in [2.05, 4.69) is 15.6 Å². The second kappa shape index (κ2) is 7.01. The van der Waals surface area contributed by atoms with Crippen molar-refractivity contribution in [2.75, 3.05) is 10.6 Å². The highest BCUT2D eigenvalue weighted by atomic mass is 32.2. The Morgan fingerprint density at radius 2 is 2.22 bits per heavy atom. The molecule has 0 bridgehead atoms. The minimum Gasteiger partial charge on any atom is -0.337 e. The first-order valence-corrected chi connectivity index (χ1v) is 8.37. The average Bonchev–Trinajstić information content (AvgIpc) is 3.00. The molecule has 1 amide bonds. The first kappa shape index (κ1) is 16.6. The number of aromatic nitrogens is 1. The molecule has 118 valence electrons. The molecule has 3 N–H and O–H groups in total. The Bertz CT molecular complexity index is 883. The second-order valence-corrected chi connectivity index (χ2v) is 6.42. The number of hydrogen-bond donors (Lipinski definition) is 3. The van der Waals surface area contributed by atoms with Gasteiger partial charge in [-0.15, -0.1) is 11.3 Å². The fourth-order valence-corrected chi connectivity index (χ4v) is 2.54. The highest BCUT2D eigenvalue weighted by molar-refractivity contribution is 7.85. The van der Waals surface area contributed by atoms with Crippen molar-refractivity contribution in [2.24, 2.45) is 0 Å². The molecule has 0 saturated heterocycles. The molecule has 10 heteroatoms. The number of thiazole rings is 1. The van der Waals surface area contributed by atoms with Gasteiger partial charge in [0.2, 0.25) is 0 Å². The molecule has 0 fully saturated rings. The van der Waals surface area contributed by atoms with Crippen LogP contribution in [0.3, 0.4) is 0 Å². The predicted molar refractivity (Wildman–Crippen MR) is 84.3 cm³/mol. The van der Waals surface area contributed by atoms with Gasteiger partial charge in [0.05, 0.1) is 4.90 Å². The van der Waals surface area contributed by atoms with E-state index in [4.69, 9.17) is 9.81 Å². The molecule has 0 atom stereocenters. The minimum atomic E-state index is -4.38. The molecule has 0 aliphatic rings. The van der Waals surface area contributed by atoms with E-state index in [1.165, 1.54) is 35.7 Å². The van der Waals surface area contributed by atoms with E-state index in [-0.39, 0.29) is 16.2 Å². The predicted octanol–water partition coefficient (Wildman–Crippen LogP) is 1.85. The van der Waals surface area contributed by atoms with Crippen molar-refractivity contribution < 1.29 is 17.8 Å². The van der Waals surface area contributed by atoms with Gasteiger partial charge in [0, 0.05) is 23.5 Å². The standard InChI is InChI=1S/C13H10N4O4S2/c14-7-9(8-16-13-15-4-5-22-13)12(18)17-10-2-1-3-11(6-10)23(19,20)21/h1-6,8H,(H,15,16)(H,17,18)(H,19,20,21)/b9-8-. The number of nitrogens with one attached hydrogen (secondary N) is 2. The SMILES string of the molecule is N#C/C(=C/Nc1nccs1)C(=O)Nc1cccc(S(=O)(=O)O)c1. The lowest BCUT2D eigenvalue weighted by Crippen LogP contribution is -2.15. The number of carbonyl (C=O) groups excluding carboxylic acids is 1. The van der Waals surface area contributed by atoms with Crippen LogP contribution < -0.4 is 10.6 Å². The molecule has 1 aromatic heterocycles. The van der Waals surface area contributed by atoms with Crippen molar-refractivity contribution >= 4 is 38.2 Å². The van der Waals surface area contributed by atoms with Crippen molar-refractivity contribution in [3.8, 4) is 6.07 Å². The number of hydrogen-bond acceptors (Lipinski definition) is 7. The number of amides is 1. The molecule has 1 aromatic carbocycles. The zero-order valence-corrected chi connectivity index (χ0v) is 13.1. The Kier molecular flexibility index (Phi) is 5.07. The van der Waals surface area contributed by atoms with Crippen LogP contribution in [0, 0.1) is 11.3 Å². The molecule has 1 heterocycles. The topological polar surface area (TPSA) is 132 Å². The van der Waals surface area contributed by atoms with Gasteiger partial charge in [-0.1, -0.05) is 6.07 Å². The zero-order chi connectivity index (χ0) is 16.9. The van der Waals surface area contributed by atoms with Gasteiger partial charge in [0.25, 0.3) is 16.0 Å². The highest BCUT2D eigenvalue weighted by Gasteiger charge is 2.13. The summed E-state index contributed by atoms with van der Waals surface area (Å²) in [6.07, 6.45) is 2.76. The summed E-state index contributed by atoms with van der Waals surface area (Å²) in [5, 5.41) is 16.3. The molecular formula is C13H10N4O4S2. The van der Waals surface area contributed by atoms with Gasteiger partial charge in [-0.3, -0.25) is 9.35 Å². The summed E-state index contributed by atoms with van der Waals surface area (Å²) < 4.78 is 31.1. The van der Waals surface area contributed by atoms with Crippen molar-refractivity contribution in [1.29, 1.82) is 5.26 Å². The van der Waals surface area contributed by atoms with Gasteiger partial charge in [0.15, 0.2) is 5.13 Å². The van der Waals surface area contributed by atoms with Crippen molar-refractivity contribution in [1.82, 2.24) is 4.98 Å². The van der Waals surface area contributed by atoms with E-state index in [9.17, 15) is 13.2 Å². The number of carbonyl (C=O) groups is 1. The number of benzene rings is 1.